The number of amides is 1. The van der Waals surface area contributed by atoms with Gasteiger partial charge in [0.25, 0.3) is 0 Å². The SMILES string of the molecule is NCC1CN(c2ccccn2)C(=O)O1. The predicted octanol–water partition coefficient (Wildman–Crippen LogP) is 0.365. The fourth-order valence-corrected chi connectivity index (χ4v) is 1.34. The first-order chi connectivity index (χ1) is 6.81. The summed E-state index contributed by atoms with van der Waals surface area (Å²) in [7, 11) is 0. The molecule has 1 aliphatic heterocycles. The van der Waals surface area contributed by atoms with Gasteiger partial charge in [-0.25, -0.2) is 9.78 Å². The van der Waals surface area contributed by atoms with Crippen LogP contribution in [0, 0.1) is 0 Å². The first kappa shape index (κ1) is 8.96. The van der Waals surface area contributed by atoms with Gasteiger partial charge in [0, 0.05) is 12.7 Å². The highest BCUT2D eigenvalue weighted by Gasteiger charge is 2.31. The van der Waals surface area contributed by atoms with Crippen molar-refractivity contribution in [2.24, 2.45) is 5.73 Å². The molecule has 1 amide bonds. The van der Waals surface area contributed by atoms with Crippen LogP contribution in [0.5, 0.6) is 0 Å². The molecule has 1 fully saturated rings. The third kappa shape index (κ3) is 1.54. The summed E-state index contributed by atoms with van der Waals surface area (Å²) in [5.41, 5.74) is 5.41. The summed E-state index contributed by atoms with van der Waals surface area (Å²) in [6, 6.07) is 5.39. The molecule has 0 radical (unpaired) electrons. The van der Waals surface area contributed by atoms with E-state index in [-0.39, 0.29) is 12.2 Å². The van der Waals surface area contributed by atoms with Crippen LogP contribution in [0.1, 0.15) is 0 Å². The molecule has 0 saturated carbocycles. The van der Waals surface area contributed by atoms with Crippen LogP contribution in [0.4, 0.5) is 10.6 Å². The van der Waals surface area contributed by atoms with Crippen LogP contribution in [-0.2, 0) is 4.74 Å². The van der Waals surface area contributed by atoms with Crippen LogP contribution >= 0.6 is 0 Å². The normalized spacial score (nSPS) is 21.1. The van der Waals surface area contributed by atoms with E-state index >= 15 is 0 Å². The number of ether oxygens (including phenoxy) is 1. The van der Waals surface area contributed by atoms with Gasteiger partial charge in [-0.05, 0) is 12.1 Å². The molecule has 2 rings (SSSR count). The quantitative estimate of drug-likeness (QED) is 0.736. The number of hydrogen-bond acceptors (Lipinski definition) is 4. The van der Waals surface area contributed by atoms with Crippen molar-refractivity contribution in [3.8, 4) is 0 Å². The minimum absolute atomic E-state index is 0.218. The maximum absolute atomic E-state index is 11.4. The fourth-order valence-electron chi connectivity index (χ4n) is 1.34. The largest absolute Gasteiger partial charge is 0.443 e. The van der Waals surface area contributed by atoms with E-state index in [1.165, 1.54) is 4.90 Å². The summed E-state index contributed by atoms with van der Waals surface area (Å²) >= 11 is 0. The number of pyridine rings is 1. The van der Waals surface area contributed by atoms with E-state index in [9.17, 15) is 4.79 Å². The second-order valence-corrected chi connectivity index (χ2v) is 3.04. The molecule has 74 valence electrons. The molecule has 2 heterocycles. The molecule has 0 bridgehead atoms. The van der Waals surface area contributed by atoms with Gasteiger partial charge >= 0.3 is 6.09 Å². The zero-order chi connectivity index (χ0) is 9.97. The average molecular weight is 193 g/mol. The molecule has 0 aromatic carbocycles. The molecule has 5 nitrogen and oxygen atoms in total. The third-order valence-electron chi connectivity index (χ3n) is 2.06. The summed E-state index contributed by atoms with van der Waals surface area (Å²) in [4.78, 5) is 16.9. The van der Waals surface area contributed by atoms with Crippen LogP contribution in [0.25, 0.3) is 0 Å². The number of aromatic nitrogens is 1. The Kier molecular flexibility index (Phi) is 2.32. The molecule has 1 aromatic rings. The number of hydrogen-bond donors (Lipinski definition) is 1. The Morgan fingerprint density at radius 1 is 1.64 bits per heavy atom. The lowest BCUT2D eigenvalue weighted by Gasteiger charge is -2.10. The third-order valence-corrected chi connectivity index (χ3v) is 2.06. The molecule has 5 heteroatoms. The van der Waals surface area contributed by atoms with Crippen molar-refractivity contribution in [1.82, 2.24) is 4.98 Å². The van der Waals surface area contributed by atoms with Crippen molar-refractivity contribution in [1.29, 1.82) is 0 Å². The number of carbonyl (C=O) groups excluding carboxylic acids is 1. The Morgan fingerprint density at radius 3 is 3.07 bits per heavy atom. The van der Waals surface area contributed by atoms with Gasteiger partial charge in [0.2, 0.25) is 0 Å². The van der Waals surface area contributed by atoms with Crippen molar-refractivity contribution in [3.05, 3.63) is 24.4 Å². The van der Waals surface area contributed by atoms with Crippen LogP contribution in [0.15, 0.2) is 24.4 Å². The van der Waals surface area contributed by atoms with E-state index in [1.807, 2.05) is 6.07 Å². The maximum atomic E-state index is 11.4. The van der Waals surface area contributed by atoms with Crippen molar-refractivity contribution in [2.45, 2.75) is 6.10 Å². The van der Waals surface area contributed by atoms with Crippen molar-refractivity contribution in [2.75, 3.05) is 18.0 Å². The first-order valence-electron chi connectivity index (χ1n) is 4.40. The average Bonchev–Trinajstić information content (AvgIpc) is 2.61. The first-order valence-corrected chi connectivity index (χ1v) is 4.40. The molecule has 1 atom stereocenters. The molecule has 0 spiro atoms. The zero-order valence-electron chi connectivity index (χ0n) is 7.59. The lowest BCUT2D eigenvalue weighted by molar-refractivity contribution is 0.145. The molecule has 2 N–H and O–H groups in total. The Hall–Kier alpha value is -1.62. The number of cyclic esters (lactones) is 1. The molecule has 0 aliphatic carbocycles. The Bertz CT molecular complexity index is 328. The van der Waals surface area contributed by atoms with Gasteiger partial charge in [0.15, 0.2) is 0 Å². The molecular weight excluding hydrogens is 182 g/mol. The van der Waals surface area contributed by atoms with Crippen molar-refractivity contribution in [3.63, 3.8) is 0 Å². The Labute approximate surface area is 81.5 Å². The second kappa shape index (κ2) is 3.63. The smallest absolute Gasteiger partial charge is 0.415 e. The minimum atomic E-state index is -0.376. The Balaban J connectivity index is 2.17. The maximum Gasteiger partial charge on any atom is 0.415 e. The van der Waals surface area contributed by atoms with Crippen molar-refractivity contribution >= 4 is 11.9 Å². The van der Waals surface area contributed by atoms with Gasteiger partial charge in [-0.1, -0.05) is 6.07 Å². The second-order valence-electron chi connectivity index (χ2n) is 3.04. The van der Waals surface area contributed by atoms with E-state index in [0.717, 1.165) is 0 Å². The van der Waals surface area contributed by atoms with Gasteiger partial charge in [-0.2, -0.15) is 0 Å². The molecule has 1 aliphatic rings. The number of carbonyl (C=O) groups is 1. The summed E-state index contributed by atoms with van der Waals surface area (Å²) < 4.78 is 5.00. The fraction of sp³-hybridized carbons (Fsp3) is 0.333. The van der Waals surface area contributed by atoms with Gasteiger partial charge in [0.05, 0.1) is 6.54 Å². The lowest BCUT2D eigenvalue weighted by Crippen LogP contribution is -2.27. The molecule has 1 unspecified atom stereocenters. The standard InChI is InChI=1S/C9H11N3O2/c10-5-7-6-12(9(13)14-7)8-3-1-2-4-11-8/h1-4,7H,5-6,10H2. The predicted molar refractivity (Wildman–Crippen MR) is 50.9 cm³/mol. The van der Waals surface area contributed by atoms with Gasteiger partial charge in [-0.15, -0.1) is 0 Å². The molecular formula is C9H11N3O2. The minimum Gasteiger partial charge on any atom is -0.443 e. The molecule has 14 heavy (non-hydrogen) atoms. The van der Waals surface area contributed by atoms with Crippen LogP contribution in [0.3, 0.4) is 0 Å². The topological polar surface area (TPSA) is 68.5 Å². The summed E-state index contributed by atoms with van der Waals surface area (Å²) in [5.74, 6) is 0.605. The monoisotopic (exact) mass is 193 g/mol. The number of rotatable bonds is 2. The number of nitrogens with zero attached hydrogens (tertiary/aromatic N) is 2. The van der Waals surface area contributed by atoms with Crippen LogP contribution < -0.4 is 10.6 Å². The van der Waals surface area contributed by atoms with Gasteiger partial charge in [-0.3, -0.25) is 4.90 Å². The van der Waals surface area contributed by atoms with E-state index in [2.05, 4.69) is 4.98 Å². The summed E-state index contributed by atoms with van der Waals surface area (Å²) in [6.45, 7) is 0.821. The lowest BCUT2D eigenvalue weighted by atomic mass is 10.3. The van der Waals surface area contributed by atoms with Crippen molar-refractivity contribution < 1.29 is 9.53 Å². The molecule has 1 saturated heterocycles. The molecule has 1 aromatic heterocycles. The summed E-state index contributed by atoms with van der Waals surface area (Å²) in [5, 5.41) is 0. The number of anilines is 1. The highest BCUT2D eigenvalue weighted by Crippen LogP contribution is 2.17. The van der Waals surface area contributed by atoms with E-state index in [0.29, 0.717) is 18.9 Å². The highest BCUT2D eigenvalue weighted by atomic mass is 16.6. The van der Waals surface area contributed by atoms with Gasteiger partial charge < -0.3 is 10.5 Å². The van der Waals surface area contributed by atoms with E-state index in [1.54, 1.807) is 18.3 Å². The van der Waals surface area contributed by atoms with E-state index < -0.39 is 0 Å². The van der Waals surface area contributed by atoms with Crippen LogP contribution in [-0.4, -0.2) is 30.3 Å². The highest BCUT2D eigenvalue weighted by molar-refractivity contribution is 5.88. The Morgan fingerprint density at radius 2 is 2.50 bits per heavy atom. The van der Waals surface area contributed by atoms with Gasteiger partial charge in [0.1, 0.15) is 11.9 Å². The summed E-state index contributed by atoms with van der Waals surface area (Å²) in [6.07, 6.45) is 1.04. The van der Waals surface area contributed by atoms with E-state index in [4.69, 9.17) is 10.5 Å². The van der Waals surface area contributed by atoms with Crippen LogP contribution in [0.2, 0.25) is 0 Å². The number of nitrogens with two attached hydrogens (primary N) is 1. The zero-order valence-corrected chi connectivity index (χ0v) is 7.59.